The highest BCUT2D eigenvalue weighted by Crippen LogP contribution is 2.25. The normalized spacial score (nSPS) is 16.7. The third kappa shape index (κ3) is 3.26. The van der Waals surface area contributed by atoms with Crippen LogP contribution in [0.5, 0.6) is 0 Å². The summed E-state index contributed by atoms with van der Waals surface area (Å²) >= 11 is 0. The molecule has 1 N–H and O–H groups in total. The molecule has 5 heteroatoms. The van der Waals surface area contributed by atoms with Gasteiger partial charge in [0.25, 0.3) is 5.91 Å². The zero-order chi connectivity index (χ0) is 18.1. The van der Waals surface area contributed by atoms with Crippen molar-refractivity contribution in [3.05, 3.63) is 64.3 Å². The largest absolute Gasteiger partial charge is 0.456 e. The van der Waals surface area contributed by atoms with E-state index in [0.29, 0.717) is 29.0 Å². The summed E-state index contributed by atoms with van der Waals surface area (Å²) in [5, 5.41) is 3.25. The molecule has 0 aliphatic carbocycles. The van der Waals surface area contributed by atoms with Gasteiger partial charge in [0.15, 0.2) is 5.43 Å². The lowest BCUT2D eigenvalue weighted by Gasteiger charge is -2.11. The fourth-order valence-electron chi connectivity index (χ4n) is 3.18. The van der Waals surface area contributed by atoms with Gasteiger partial charge >= 0.3 is 0 Å². The Balaban J connectivity index is 1.66. The molecule has 3 aromatic rings. The Kier molecular flexibility index (Phi) is 4.31. The molecule has 0 radical (unpaired) electrons. The fourth-order valence-corrected chi connectivity index (χ4v) is 3.18. The first-order valence-electron chi connectivity index (χ1n) is 8.67. The van der Waals surface area contributed by atoms with E-state index < -0.39 is 6.10 Å². The molecule has 1 aliphatic rings. The summed E-state index contributed by atoms with van der Waals surface area (Å²) in [4.78, 5) is 24.7. The molecule has 26 heavy (non-hydrogen) atoms. The van der Waals surface area contributed by atoms with Crippen molar-refractivity contribution in [3.8, 4) is 11.3 Å². The lowest BCUT2D eigenvalue weighted by atomic mass is 10.1. The van der Waals surface area contributed by atoms with Crippen LogP contribution in [0, 0.1) is 6.92 Å². The molecule has 132 valence electrons. The Morgan fingerprint density at radius 2 is 2.04 bits per heavy atom. The molecular weight excluding hydrogens is 330 g/mol. The molecule has 1 saturated heterocycles. The topological polar surface area (TPSA) is 68.5 Å². The summed E-state index contributed by atoms with van der Waals surface area (Å²) < 4.78 is 11.3. The summed E-state index contributed by atoms with van der Waals surface area (Å²) in [6.07, 6.45) is 1.20. The van der Waals surface area contributed by atoms with Gasteiger partial charge in [0.05, 0.1) is 5.39 Å². The van der Waals surface area contributed by atoms with Crippen molar-refractivity contribution in [3.63, 3.8) is 0 Å². The Hall–Kier alpha value is -2.92. The average Bonchev–Trinajstić information content (AvgIpc) is 3.17. The van der Waals surface area contributed by atoms with Crippen molar-refractivity contribution in [2.45, 2.75) is 25.9 Å². The lowest BCUT2D eigenvalue weighted by molar-refractivity contribution is -0.124. The second-order valence-corrected chi connectivity index (χ2v) is 6.55. The number of anilines is 1. The second kappa shape index (κ2) is 6.77. The van der Waals surface area contributed by atoms with E-state index in [4.69, 9.17) is 9.15 Å². The SMILES string of the molecule is Cc1cccc(-c2cc(=O)c3cc(NC(=O)C4CCCO4)ccc3o2)c1. The minimum Gasteiger partial charge on any atom is -0.456 e. The molecule has 1 unspecified atom stereocenters. The van der Waals surface area contributed by atoms with Gasteiger partial charge < -0.3 is 14.5 Å². The van der Waals surface area contributed by atoms with Crippen LogP contribution >= 0.6 is 0 Å². The van der Waals surface area contributed by atoms with Crippen molar-refractivity contribution in [1.29, 1.82) is 0 Å². The fraction of sp³-hybridized carbons (Fsp3) is 0.238. The van der Waals surface area contributed by atoms with E-state index in [1.807, 2.05) is 31.2 Å². The average molecular weight is 349 g/mol. The third-order valence-corrected chi connectivity index (χ3v) is 4.52. The van der Waals surface area contributed by atoms with Crippen molar-refractivity contribution < 1.29 is 13.9 Å². The van der Waals surface area contributed by atoms with Crippen LogP contribution < -0.4 is 10.7 Å². The van der Waals surface area contributed by atoms with Gasteiger partial charge in [0.2, 0.25) is 0 Å². The van der Waals surface area contributed by atoms with E-state index in [2.05, 4.69) is 5.32 Å². The Morgan fingerprint density at radius 3 is 2.81 bits per heavy atom. The number of benzene rings is 2. The van der Waals surface area contributed by atoms with Crippen LogP contribution in [0.4, 0.5) is 5.69 Å². The quantitative estimate of drug-likeness (QED) is 0.779. The molecule has 5 nitrogen and oxygen atoms in total. The van der Waals surface area contributed by atoms with Crippen molar-refractivity contribution in [2.24, 2.45) is 0 Å². The molecule has 1 amide bonds. The highest BCUT2D eigenvalue weighted by atomic mass is 16.5. The second-order valence-electron chi connectivity index (χ2n) is 6.55. The summed E-state index contributed by atoms with van der Waals surface area (Å²) in [5.41, 5.74) is 2.87. The number of nitrogens with one attached hydrogen (secondary N) is 1. The molecule has 1 aliphatic heterocycles. The van der Waals surface area contributed by atoms with Crippen molar-refractivity contribution in [2.75, 3.05) is 11.9 Å². The number of rotatable bonds is 3. The molecule has 0 bridgehead atoms. The summed E-state index contributed by atoms with van der Waals surface area (Å²) in [6.45, 7) is 2.60. The molecular formula is C21H19NO4. The smallest absolute Gasteiger partial charge is 0.253 e. The minimum atomic E-state index is -0.411. The maximum Gasteiger partial charge on any atom is 0.253 e. The molecule has 2 heterocycles. The summed E-state index contributed by atoms with van der Waals surface area (Å²) in [5.74, 6) is 0.352. The van der Waals surface area contributed by atoms with Crippen LogP contribution in [0.1, 0.15) is 18.4 Å². The predicted octanol–water partition coefficient (Wildman–Crippen LogP) is 3.89. The molecule has 0 spiro atoms. The highest BCUT2D eigenvalue weighted by molar-refractivity contribution is 5.96. The van der Waals surface area contributed by atoms with Gasteiger partial charge in [-0.3, -0.25) is 9.59 Å². The Bertz CT molecular complexity index is 1030. The number of hydrogen-bond donors (Lipinski definition) is 1. The molecule has 4 rings (SSSR count). The van der Waals surface area contributed by atoms with E-state index >= 15 is 0 Å². The first-order chi connectivity index (χ1) is 12.6. The molecule has 2 aromatic carbocycles. The monoisotopic (exact) mass is 349 g/mol. The van der Waals surface area contributed by atoms with Crippen LogP contribution in [-0.2, 0) is 9.53 Å². The van der Waals surface area contributed by atoms with Crippen LogP contribution in [0.15, 0.2) is 57.7 Å². The number of carbonyl (C=O) groups is 1. The summed E-state index contributed by atoms with van der Waals surface area (Å²) in [6, 6.07) is 14.4. The number of aryl methyl sites for hydroxylation is 1. The summed E-state index contributed by atoms with van der Waals surface area (Å²) in [7, 11) is 0. The maximum absolute atomic E-state index is 12.6. The highest BCUT2D eigenvalue weighted by Gasteiger charge is 2.23. The maximum atomic E-state index is 12.6. The standard InChI is InChI=1S/C21H19NO4/c1-13-4-2-5-14(10-13)20-12-17(23)16-11-15(7-8-18(16)26-20)22-21(24)19-6-3-9-25-19/h2,4-5,7-8,10-12,19H,3,6,9H2,1H3,(H,22,24). The van der Waals surface area contributed by atoms with Crippen LogP contribution in [-0.4, -0.2) is 18.6 Å². The Morgan fingerprint density at radius 1 is 1.15 bits per heavy atom. The zero-order valence-corrected chi connectivity index (χ0v) is 14.5. The number of ether oxygens (including phenoxy) is 1. The molecule has 0 saturated carbocycles. The number of hydrogen-bond acceptors (Lipinski definition) is 4. The van der Waals surface area contributed by atoms with E-state index in [0.717, 1.165) is 24.0 Å². The van der Waals surface area contributed by atoms with Crippen LogP contribution in [0.25, 0.3) is 22.3 Å². The van der Waals surface area contributed by atoms with Gasteiger partial charge in [-0.05, 0) is 44.0 Å². The van der Waals surface area contributed by atoms with Crippen LogP contribution in [0.3, 0.4) is 0 Å². The van der Waals surface area contributed by atoms with Crippen molar-refractivity contribution >= 4 is 22.6 Å². The van der Waals surface area contributed by atoms with Gasteiger partial charge in [-0.15, -0.1) is 0 Å². The number of amides is 1. The van der Waals surface area contributed by atoms with Crippen LogP contribution in [0.2, 0.25) is 0 Å². The molecule has 1 fully saturated rings. The van der Waals surface area contributed by atoms with Gasteiger partial charge in [0.1, 0.15) is 17.4 Å². The van der Waals surface area contributed by atoms with E-state index in [1.165, 1.54) is 6.07 Å². The Labute approximate surface area is 150 Å². The number of fused-ring (bicyclic) bond motifs is 1. The van der Waals surface area contributed by atoms with E-state index in [-0.39, 0.29) is 11.3 Å². The minimum absolute atomic E-state index is 0.143. The first kappa shape index (κ1) is 16.5. The van der Waals surface area contributed by atoms with E-state index in [1.54, 1.807) is 18.2 Å². The lowest BCUT2D eigenvalue weighted by Crippen LogP contribution is -2.26. The van der Waals surface area contributed by atoms with Gasteiger partial charge in [-0.2, -0.15) is 0 Å². The van der Waals surface area contributed by atoms with E-state index in [9.17, 15) is 9.59 Å². The molecule has 1 aromatic heterocycles. The van der Waals surface area contributed by atoms with Gasteiger partial charge in [-0.1, -0.05) is 23.8 Å². The predicted molar refractivity (Wildman–Crippen MR) is 100 cm³/mol. The van der Waals surface area contributed by atoms with Gasteiger partial charge in [0, 0.05) is 23.9 Å². The first-order valence-corrected chi connectivity index (χ1v) is 8.67. The van der Waals surface area contributed by atoms with Gasteiger partial charge in [-0.25, -0.2) is 0 Å². The number of carbonyl (C=O) groups excluding carboxylic acids is 1. The molecule has 1 atom stereocenters. The van der Waals surface area contributed by atoms with Crippen molar-refractivity contribution in [1.82, 2.24) is 0 Å². The zero-order valence-electron chi connectivity index (χ0n) is 14.5. The third-order valence-electron chi connectivity index (χ3n) is 4.52.